The van der Waals surface area contributed by atoms with Crippen LogP contribution < -0.4 is 5.32 Å². The highest BCUT2D eigenvalue weighted by Gasteiger charge is 2.37. The fourth-order valence-corrected chi connectivity index (χ4v) is 3.30. The summed E-state index contributed by atoms with van der Waals surface area (Å²) in [5.74, 6) is 2.56. The van der Waals surface area contributed by atoms with Gasteiger partial charge in [0.25, 0.3) is 0 Å². The molecular formula is C22H22N2O2. The van der Waals surface area contributed by atoms with Gasteiger partial charge in [0, 0.05) is 24.9 Å². The molecule has 1 aromatic heterocycles. The maximum Gasteiger partial charge on any atom is 0.220 e. The van der Waals surface area contributed by atoms with E-state index in [9.17, 15) is 4.79 Å². The molecule has 132 valence electrons. The number of hydrogen-bond donors (Lipinski definition) is 1. The average Bonchev–Trinajstić information content (AvgIpc) is 3.33. The van der Waals surface area contributed by atoms with E-state index in [4.69, 9.17) is 4.42 Å². The summed E-state index contributed by atoms with van der Waals surface area (Å²) in [5, 5.41) is 3.04. The van der Waals surface area contributed by atoms with E-state index < -0.39 is 0 Å². The van der Waals surface area contributed by atoms with Gasteiger partial charge in [0.15, 0.2) is 11.7 Å². The van der Waals surface area contributed by atoms with Crippen LogP contribution in [0.1, 0.15) is 30.2 Å². The van der Waals surface area contributed by atoms with Gasteiger partial charge in [0.1, 0.15) is 0 Å². The van der Waals surface area contributed by atoms with Crippen LogP contribution in [-0.4, -0.2) is 17.4 Å². The molecule has 4 heteroatoms. The molecule has 4 nitrogen and oxygen atoms in total. The van der Waals surface area contributed by atoms with E-state index >= 15 is 0 Å². The van der Waals surface area contributed by atoms with E-state index in [0.29, 0.717) is 30.6 Å². The summed E-state index contributed by atoms with van der Waals surface area (Å²) in [7, 11) is 0. The number of oxazole rings is 1. The average molecular weight is 346 g/mol. The predicted octanol–water partition coefficient (Wildman–Crippen LogP) is 4.19. The van der Waals surface area contributed by atoms with Gasteiger partial charge in [-0.05, 0) is 23.8 Å². The first-order valence-electron chi connectivity index (χ1n) is 9.11. The Balaban J connectivity index is 1.21. The molecule has 1 saturated carbocycles. The molecular weight excluding hydrogens is 324 g/mol. The zero-order valence-corrected chi connectivity index (χ0v) is 14.6. The number of aromatic nitrogens is 1. The topological polar surface area (TPSA) is 55.1 Å². The molecule has 2 atom stereocenters. The van der Waals surface area contributed by atoms with Gasteiger partial charge in [-0.1, -0.05) is 60.7 Å². The molecule has 0 bridgehead atoms. The summed E-state index contributed by atoms with van der Waals surface area (Å²) in [6.07, 6.45) is 3.80. The normalized spacial score (nSPS) is 18.5. The molecule has 3 aromatic rings. The highest BCUT2D eigenvalue weighted by atomic mass is 16.4. The number of hydrogen-bond acceptors (Lipinski definition) is 3. The Morgan fingerprint density at radius 2 is 1.81 bits per heavy atom. The summed E-state index contributed by atoms with van der Waals surface area (Å²) in [6.45, 7) is 0.749. The van der Waals surface area contributed by atoms with Crippen molar-refractivity contribution in [3.05, 3.63) is 78.3 Å². The summed E-state index contributed by atoms with van der Waals surface area (Å²) in [5.41, 5.74) is 2.37. The number of carbonyl (C=O) groups is 1. The molecule has 0 saturated heterocycles. The molecule has 2 aromatic carbocycles. The Bertz CT molecular complexity index is 858. The number of nitrogens with one attached hydrogen (secondary N) is 1. The van der Waals surface area contributed by atoms with Crippen LogP contribution in [0, 0.1) is 5.92 Å². The van der Waals surface area contributed by atoms with Gasteiger partial charge in [-0.15, -0.1) is 0 Å². The van der Waals surface area contributed by atoms with E-state index in [1.807, 2.05) is 36.4 Å². The molecule has 26 heavy (non-hydrogen) atoms. The molecule has 0 radical (unpaired) electrons. The lowest BCUT2D eigenvalue weighted by Gasteiger charge is -2.04. The zero-order chi connectivity index (χ0) is 17.8. The van der Waals surface area contributed by atoms with Crippen molar-refractivity contribution in [2.24, 2.45) is 5.92 Å². The number of carbonyl (C=O) groups excluding carboxylic acids is 1. The van der Waals surface area contributed by atoms with Crippen molar-refractivity contribution in [3.63, 3.8) is 0 Å². The number of nitrogens with zero attached hydrogens (tertiary/aromatic N) is 1. The Labute approximate surface area is 153 Å². The van der Waals surface area contributed by atoms with Crippen LogP contribution in [-0.2, 0) is 11.2 Å². The van der Waals surface area contributed by atoms with Gasteiger partial charge in [0.2, 0.25) is 5.91 Å². The van der Waals surface area contributed by atoms with Crippen molar-refractivity contribution in [1.29, 1.82) is 0 Å². The molecule has 0 unspecified atom stereocenters. The van der Waals surface area contributed by atoms with Crippen LogP contribution in [0.3, 0.4) is 0 Å². The first kappa shape index (κ1) is 16.6. The van der Waals surface area contributed by atoms with Crippen molar-refractivity contribution in [1.82, 2.24) is 10.3 Å². The third-order valence-electron chi connectivity index (χ3n) is 4.89. The number of rotatable bonds is 7. The Hall–Kier alpha value is -2.88. The second-order valence-corrected chi connectivity index (χ2v) is 6.80. The van der Waals surface area contributed by atoms with Crippen LogP contribution >= 0.6 is 0 Å². The van der Waals surface area contributed by atoms with Gasteiger partial charge in [0.05, 0.1) is 6.20 Å². The Kier molecular flexibility index (Phi) is 4.82. The number of aryl methyl sites for hydroxylation is 1. The third-order valence-corrected chi connectivity index (χ3v) is 4.89. The molecule has 1 aliphatic rings. The smallest absolute Gasteiger partial charge is 0.220 e. The van der Waals surface area contributed by atoms with Crippen LogP contribution in [0.25, 0.3) is 11.3 Å². The monoisotopic (exact) mass is 346 g/mol. The highest BCUT2D eigenvalue weighted by molar-refractivity contribution is 5.76. The van der Waals surface area contributed by atoms with E-state index in [1.54, 1.807) is 6.20 Å². The van der Waals surface area contributed by atoms with Gasteiger partial charge in [-0.25, -0.2) is 4.98 Å². The lowest BCUT2D eigenvalue weighted by atomic mass is 10.1. The maximum atomic E-state index is 12.1. The zero-order valence-electron chi connectivity index (χ0n) is 14.6. The fraction of sp³-hybridized carbons (Fsp3) is 0.273. The van der Waals surface area contributed by atoms with Crippen molar-refractivity contribution in [2.45, 2.75) is 25.2 Å². The molecule has 1 N–H and O–H groups in total. The standard InChI is InChI=1S/C22H22N2O2/c25-21(23-14-18-13-19(18)16-7-3-1-4-8-16)11-12-22-24-15-20(26-22)17-9-5-2-6-10-17/h1-10,15,18-19H,11-14H2,(H,23,25)/t18-,19+/m0/s1. The van der Waals surface area contributed by atoms with E-state index in [2.05, 4.69) is 34.6 Å². The lowest BCUT2D eigenvalue weighted by Crippen LogP contribution is -2.26. The minimum absolute atomic E-state index is 0.0585. The van der Waals surface area contributed by atoms with Crippen LogP contribution in [0.4, 0.5) is 0 Å². The molecule has 1 aliphatic carbocycles. The van der Waals surface area contributed by atoms with Gasteiger partial charge in [-0.2, -0.15) is 0 Å². The van der Waals surface area contributed by atoms with Crippen LogP contribution in [0.5, 0.6) is 0 Å². The SMILES string of the molecule is O=C(CCc1ncc(-c2ccccc2)o1)NC[C@@H]1C[C@@H]1c1ccccc1. The summed E-state index contributed by atoms with van der Waals surface area (Å²) in [4.78, 5) is 16.4. The molecule has 1 heterocycles. The molecule has 4 rings (SSSR count). The largest absolute Gasteiger partial charge is 0.441 e. The van der Waals surface area contributed by atoms with Gasteiger partial charge >= 0.3 is 0 Å². The van der Waals surface area contributed by atoms with Gasteiger partial charge < -0.3 is 9.73 Å². The summed E-state index contributed by atoms with van der Waals surface area (Å²) in [6, 6.07) is 20.4. The van der Waals surface area contributed by atoms with E-state index in [1.165, 1.54) is 5.56 Å². The van der Waals surface area contributed by atoms with Crippen molar-refractivity contribution in [2.75, 3.05) is 6.54 Å². The van der Waals surface area contributed by atoms with Crippen molar-refractivity contribution in [3.8, 4) is 11.3 Å². The number of benzene rings is 2. The third kappa shape index (κ3) is 4.02. The summed E-state index contributed by atoms with van der Waals surface area (Å²) < 4.78 is 5.74. The maximum absolute atomic E-state index is 12.1. The van der Waals surface area contributed by atoms with Gasteiger partial charge in [-0.3, -0.25) is 4.79 Å². The van der Waals surface area contributed by atoms with E-state index in [0.717, 1.165) is 24.3 Å². The number of amides is 1. The second-order valence-electron chi connectivity index (χ2n) is 6.80. The first-order valence-corrected chi connectivity index (χ1v) is 9.11. The summed E-state index contributed by atoms with van der Waals surface area (Å²) >= 11 is 0. The Morgan fingerprint density at radius 1 is 1.08 bits per heavy atom. The minimum Gasteiger partial charge on any atom is -0.441 e. The molecule has 1 amide bonds. The highest BCUT2D eigenvalue weighted by Crippen LogP contribution is 2.46. The minimum atomic E-state index is 0.0585. The van der Waals surface area contributed by atoms with Crippen molar-refractivity contribution >= 4 is 5.91 Å². The first-order chi connectivity index (χ1) is 12.8. The van der Waals surface area contributed by atoms with Crippen LogP contribution in [0.15, 0.2) is 71.3 Å². The predicted molar refractivity (Wildman–Crippen MR) is 101 cm³/mol. The molecule has 0 spiro atoms. The Morgan fingerprint density at radius 3 is 2.58 bits per heavy atom. The van der Waals surface area contributed by atoms with E-state index in [-0.39, 0.29) is 5.91 Å². The lowest BCUT2D eigenvalue weighted by molar-refractivity contribution is -0.121. The molecule has 0 aliphatic heterocycles. The molecule has 1 fully saturated rings. The fourth-order valence-electron chi connectivity index (χ4n) is 3.30. The quantitative estimate of drug-likeness (QED) is 0.698. The van der Waals surface area contributed by atoms with Crippen molar-refractivity contribution < 1.29 is 9.21 Å². The van der Waals surface area contributed by atoms with Crippen LogP contribution in [0.2, 0.25) is 0 Å². The second kappa shape index (κ2) is 7.56.